The lowest BCUT2D eigenvalue weighted by Gasteiger charge is -2.17. The van der Waals surface area contributed by atoms with Gasteiger partial charge in [-0.3, -0.25) is 4.79 Å². The fourth-order valence-electron chi connectivity index (χ4n) is 2.00. The second-order valence-corrected chi connectivity index (χ2v) is 4.65. The molecule has 0 aromatic heterocycles. The van der Waals surface area contributed by atoms with E-state index in [2.05, 4.69) is 19.2 Å². The number of aromatic hydroxyl groups is 1. The predicted octanol–water partition coefficient (Wildman–Crippen LogP) is 3.48. The molecule has 0 aliphatic rings. The molecule has 0 fully saturated rings. The van der Waals surface area contributed by atoms with Crippen LogP contribution in [-0.4, -0.2) is 17.1 Å². The third kappa shape index (κ3) is 4.78. The molecule has 1 amide bonds. The smallest absolute Gasteiger partial charge is 0.251 e. The summed E-state index contributed by atoms with van der Waals surface area (Å²) < 4.78 is 0. The summed E-state index contributed by atoms with van der Waals surface area (Å²) in [5.41, 5.74) is 0.521. The van der Waals surface area contributed by atoms with Crippen LogP contribution in [0.3, 0.4) is 0 Å². The first-order valence-electron chi connectivity index (χ1n) is 6.77. The first kappa shape index (κ1) is 14.6. The zero-order valence-electron chi connectivity index (χ0n) is 11.3. The molecule has 0 radical (unpaired) electrons. The molecular weight excluding hydrogens is 226 g/mol. The molecule has 0 spiro atoms. The number of amides is 1. The topological polar surface area (TPSA) is 49.3 Å². The van der Waals surface area contributed by atoms with Crippen LogP contribution in [0, 0.1) is 0 Å². The lowest BCUT2D eigenvalue weighted by molar-refractivity contribution is 0.0931. The van der Waals surface area contributed by atoms with Gasteiger partial charge in [-0.15, -0.1) is 0 Å². The van der Waals surface area contributed by atoms with Gasteiger partial charge in [0.2, 0.25) is 0 Å². The van der Waals surface area contributed by atoms with Gasteiger partial charge in [0.25, 0.3) is 5.91 Å². The fraction of sp³-hybridized carbons (Fsp3) is 0.533. The van der Waals surface area contributed by atoms with Crippen molar-refractivity contribution < 1.29 is 9.90 Å². The van der Waals surface area contributed by atoms with Gasteiger partial charge in [-0.1, -0.05) is 39.2 Å². The van der Waals surface area contributed by atoms with Gasteiger partial charge in [0, 0.05) is 11.6 Å². The van der Waals surface area contributed by atoms with E-state index in [-0.39, 0.29) is 17.7 Å². The number of phenols is 1. The van der Waals surface area contributed by atoms with E-state index >= 15 is 0 Å². The Labute approximate surface area is 109 Å². The third-order valence-electron chi connectivity index (χ3n) is 2.99. The second kappa shape index (κ2) is 7.75. The largest absolute Gasteiger partial charge is 0.508 e. The average molecular weight is 249 g/mol. The standard InChI is InChI=1S/C15H23NO2/c1-3-5-9-13(7-4-2)16-15(18)12-8-6-10-14(17)11-12/h6,8,10-11,13,17H,3-5,7,9H2,1-2H3,(H,16,18). The van der Waals surface area contributed by atoms with Crippen LogP contribution in [0.5, 0.6) is 5.75 Å². The maximum absolute atomic E-state index is 12.0. The zero-order chi connectivity index (χ0) is 13.4. The summed E-state index contributed by atoms with van der Waals surface area (Å²) in [5.74, 6) is 0.0312. The molecule has 3 heteroatoms. The summed E-state index contributed by atoms with van der Waals surface area (Å²) in [5, 5.41) is 12.4. The molecular formula is C15H23NO2. The van der Waals surface area contributed by atoms with Crippen molar-refractivity contribution in [2.24, 2.45) is 0 Å². The summed E-state index contributed by atoms with van der Waals surface area (Å²) in [4.78, 5) is 12.0. The number of hydrogen-bond donors (Lipinski definition) is 2. The molecule has 1 aromatic carbocycles. The Morgan fingerprint density at radius 1 is 1.28 bits per heavy atom. The van der Waals surface area contributed by atoms with Crippen LogP contribution in [0.2, 0.25) is 0 Å². The quantitative estimate of drug-likeness (QED) is 0.777. The van der Waals surface area contributed by atoms with Crippen LogP contribution in [0.4, 0.5) is 0 Å². The summed E-state index contributed by atoms with van der Waals surface area (Å²) in [6.07, 6.45) is 5.36. The van der Waals surface area contributed by atoms with Gasteiger partial charge in [0.1, 0.15) is 5.75 Å². The number of phenolic OH excluding ortho intramolecular Hbond substituents is 1. The summed E-state index contributed by atoms with van der Waals surface area (Å²) in [7, 11) is 0. The van der Waals surface area contributed by atoms with Gasteiger partial charge >= 0.3 is 0 Å². The molecule has 0 aliphatic carbocycles. The Hall–Kier alpha value is -1.51. The lowest BCUT2D eigenvalue weighted by atomic mass is 10.0. The van der Waals surface area contributed by atoms with Crippen molar-refractivity contribution in [2.45, 2.75) is 52.0 Å². The first-order chi connectivity index (χ1) is 8.67. The van der Waals surface area contributed by atoms with Gasteiger partial charge in [-0.2, -0.15) is 0 Å². The van der Waals surface area contributed by atoms with Crippen molar-refractivity contribution >= 4 is 5.91 Å². The fourth-order valence-corrected chi connectivity index (χ4v) is 2.00. The predicted molar refractivity (Wildman–Crippen MR) is 73.8 cm³/mol. The van der Waals surface area contributed by atoms with Gasteiger partial charge in [-0.25, -0.2) is 0 Å². The van der Waals surface area contributed by atoms with Gasteiger partial charge < -0.3 is 10.4 Å². The molecule has 18 heavy (non-hydrogen) atoms. The van der Waals surface area contributed by atoms with E-state index in [9.17, 15) is 9.90 Å². The highest BCUT2D eigenvalue weighted by molar-refractivity contribution is 5.94. The van der Waals surface area contributed by atoms with Crippen molar-refractivity contribution in [1.82, 2.24) is 5.32 Å². The number of benzene rings is 1. The van der Waals surface area contributed by atoms with Gasteiger partial charge in [-0.05, 0) is 31.0 Å². The number of nitrogens with one attached hydrogen (secondary N) is 1. The maximum atomic E-state index is 12.0. The van der Waals surface area contributed by atoms with Crippen LogP contribution in [-0.2, 0) is 0 Å². The molecule has 1 rings (SSSR count). The van der Waals surface area contributed by atoms with E-state index in [4.69, 9.17) is 0 Å². The minimum atomic E-state index is -0.0968. The minimum Gasteiger partial charge on any atom is -0.508 e. The van der Waals surface area contributed by atoms with E-state index in [1.165, 1.54) is 6.07 Å². The van der Waals surface area contributed by atoms with E-state index in [1.807, 2.05) is 0 Å². The van der Waals surface area contributed by atoms with Gasteiger partial charge in [0.05, 0.1) is 0 Å². The van der Waals surface area contributed by atoms with Crippen LogP contribution in [0.1, 0.15) is 56.3 Å². The van der Waals surface area contributed by atoms with Crippen molar-refractivity contribution in [3.63, 3.8) is 0 Å². The van der Waals surface area contributed by atoms with Crippen molar-refractivity contribution in [3.05, 3.63) is 29.8 Å². The Morgan fingerprint density at radius 3 is 2.67 bits per heavy atom. The van der Waals surface area contributed by atoms with E-state index in [1.54, 1.807) is 18.2 Å². The molecule has 100 valence electrons. The van der Waals surface area contributed by atoms with Crippen LogP contribution in [0.25, 0.3) is 0 Å². The zero-order valence-corrected chi connectivity index (χ0v) is 11.3. The minimum absolute atomic E-state index is 0.0968. The van der Waals surface area contributed by atoms with E-state index in [0.717, 1.165) is 32.1 Å². The highest BCUT2D eigenvalue weighted by Crippen LogP contribution is 2.12. The van der Waals surface area contributed by atoms with Crippen LogP contribution < -0.4 is 5.32 Å². The Balaban J connectivity index is 2.59. The number of unbranched alkanes of at least 4 members (excludes halogenated alkanes) is 1. The molecule has 1 unspecified atom stereocenters. The number of carbonyl (C=O) groups excluding carboxylic acids is 1. The number of carbonyl (C=O) groups is 1. The normalized spacial score (nSPS) is 12.1. The Kier molecular flexibility index (Phi) is 6.26. The molecule has 3 nitrogen and oxygen atoms in total. The molecule has 2 N–H and O–H groups in total. The van der Waals surface area contributed by atoms with Crippen LogP contribution >= 0.6 is 0 Å². The van der Waals surface area contributed by atoms with E-state index < -0.39 is 0 Å². The molecule has 0 saturated heterocycles. The number of rotatable bonds is 7. The van der Waals surface area contributed by atoms with E-state index in [0.29, 0.717) is 5.56 Å². The molecule has 0 bridgehead atoms. The average Bonchev–Trinajstić information content (AvgIpc) is 2.36. The van der Waals surface area contributed by atoms with Crippen molar-refractivity contribution in [2.75, 3.05) is 0 Å². The number of hydrogen-bond acceptors (Lipinski definition) is 2. The highest BCUT2D eigenvalue weighted by atomic mass is 16.3. The Bertz CT molecular complexity index is 377. The Morgan fingerprint density at radius 2 is 2.06 bits per heavy atom. The third-order valence-corrected chi connectivity index (χ3v) is 2.99. The highest BCUT2D eigenvalue weighted by Gasteiger charge is 2.12. The molecule has 1 aromatic rings. The summed E-state index contributed by atoms with van der Waals surface area (Å²) in [6, 6.07) is 6.71. The SMILES string of the molecule is CCCCC(CCC)NC(=O)c1cccc(O)c1. The molecule has 0 heterocycles. The molecule has 0 aliphatic heterocycles. The van der Waals surface area contributed by atoms with Crippen LogP contribution in [0.15, 0.2) is 24.3 Å². The maximum Gasteiger partial charge on any atom is 0.251 e. The van der Waals surface area contributed by atoms with Crippen molar-refractivity contribution in [3.8, 4) is 5.75 Å². The lowest BCUT2D eigenvalue weighted by Crippen LogP contribution is -2.34. The summed E-state index contributed by atoms with van der Waals surface area (Å²) >= 11 is 0. The first-order valence-corrected chi connectivity index (χ1v) is 6.77. The second-order valence-electron chi connectivity index (χ2n) is 4.65. The van der Waals surface area contributed by atoms with Crippen molar-refractivity contribution in [1.29, 1.82) is 0 Å². The monoisotopic (exact) mass is 249 g/mol. The molecule has 1 atom stereocenters. The van der Waals surface area contributed by atoms with Gasteiger partial charge in [0.15, 0.2) is 0 Å². The summed E-state index contributed by atoms with van der Waals surface area (Å²) in [6.45, 7) is 4.28. The molecule has 0 saturated carbocycles.